The van der Waals surface area contributed by atoms with E-state index in [1.807, 2.05) is 0 Å². The molecule has 0 aromatic carbocycles. The van der Waals surface area contributed by atoms with Gasteiger partial charge in [0.05, 0.1) is 5.41 Å². The summed E-state index contributed by atoms with van der Waals surface area (Å²) in [6, 6.07) is 0. The molecule has 2 aliphatic rings. The van der Waals surface area contributed by atoms with E-state index in [2.05, 4.69) is 20.8 Å². The third-order valence-electron chi connectivity index (χ3n) is 5.59. The first-order valence-corrected chi connectivity index (χ1v) is 6.20. The Morgan fingerprint density at radius 2 is 1.62 bits per heavy atom. The maximum absolute atomic E-state index is 12.5. The molecule has 2 bridgehead atoms. The first kappa shape index (κ1) is 11.8. The maximum atomic E-state index is 12.5. The lowest BCUT2D eigenvalue weighted by molar-refractivity contribution is -0.141. The van der Waals surface area contributed by atoms with Crippen molar-refractivity contribution >= 4 is 11.6 Å². The number of fused-ring (bicyclic) bond motifs is 2. The molecule has 2 saturated carbocycles. The molecular weight excluding hydrogens is 200 g/mol. The van der Waals surface area contributed by atoms with Gasteiger partial charge in [0.1, 0.15) is 11.6 Å². The molecule has 90 valence electrons. The van der Waals surface area contributed by atoms with E-state index in [1.165, 1.54) is 0 Å². The van der Waals surface area contributed by atoms with Gasteiger partial charge in [0.2, 0.25) is 0 Å². The zero-order chi connectivity index (χ0) is 12.4. The summed E-state index contributed by atoms with van der Waals surface area (Å²) in [5, 5.41) is 0. The van der Waals surface area contributed by atoms with Gasteiger partial charge in [-0.25, -0.2) is 0 Å². The summed E-state index contributed by atoms with van der Waals surface area (Å²) >= 11 is 0. The van der Waals surface area contributed by atoms with Crippen molar-refractivity contribution in [2.45, 2.75) is 53.9 Å². The van der Waals surface area contributed by atoms with Gasteiger partial charge in [-0.15, -0.1) is 0 Å². The molecule has 0 unspecified atom stereocenters. The van der Waals surface area contributed by atoms with Crippen molar-refractivity contribution in [1.29, 1.82) is 0 Å². The number of carbonyl (C=O) groups excluding carboxylic acids is 2. The molecule has 2 nitrogen and oxygen atoms in total. The third-order valence-corrected chi connectivity index (χ3v) is 5.59. The van der Waals surface area contributed by atoms with E-state index in [9.17, 15) is 9.59 Å². The second-order valence-corrected chi connectivity index (χ2v) is 6.96. The SMILES string of the molecule is CC1(C)C(=O)C[C@@]2(C)CC[C@@H](C1=O)C2(C)C. The van der Waals surface area contributed by atoms with Crippen LogP contribution in [-0.4, -0.2) is 11.6 Å². The Kier molecular flexibility index (Phi) is 2.19. The van der Waals surface area contributed by atoms with Crippen molar-refractivity contribution in [2.75, 3.05) is 0 Å². The molecule has 0 amide bonds. The number of hydrogen-bond acceptors (Lipinski definition) is 2. The lowest BCUT2D eigenvalue weighted by atomic mass is 9.64. The van der Waals surface area contributed by atoms with Gasteiger partial charge in [0.25, 0.3) is 0 Å². The van der Waals surface area contributed by atoms with Crippen LogP contribution in [0.15, 0.2) is 0 Å². The summed E-state index contributed by atoms with van der Waals surface area (Å²) in [5.41, 5.74) is -0.786. The molecule has 0 aliphatic heterocycles. The maximum Gasteiger partial charge on any atom is 0.149 e. The van der Waals surface area contributed by atoms with Crippen LogP contribution in [0.5, 0.6) is 0 Å². The summed E-state index contributed by atoms with van der Waals surface area (Å²) in [6.07, 6.45) is 2.53. The molecule has 0 spiro atoms. The molecule has 2 fully saturated rings. The zero-order valence-electron chi connectivity index (χ0n) is 11.0. The van der Waals surface area contributed by atoms with E-state index in [0.717, 1.165) is 12.8 Å². The van der Waals surface area contributed by atoms with Crippen LogP contribution in [-0.2, 0) is 9.59 Å². The minimum Gasteiger partial charge on any atom is -0.299 e. The molecule has 0 saturated heterocycles. The van der Waals surface area contributed by atoms with Gasteiger partial charge in [0.15, 0.2) is 0 Å². The van der Waals surface area contributed by atoms with Gasteiger partial charge in [0, 0.05) is 12.3 Å². The highest BCUT2D eigenvalue weighted by atomic mass is 16.2. The van der Waals surface area contributed by atoms with E-state index >= 15 is 0 Å². The molecule has 0 aromatic heterocycles. The van der Waals surface area contributed by atoms with Crippen LogP contribution in [0.3, 0.4) is 0 Å². The highest BCUT2D eigenvalue weighted by molar-refractivity contribution is 6.08. The van der Waals surface area contributed by atoms with E-state index in [0.29, 0.717) is 6.42 Å². The van der Waals surface area contributed by atoms with Crippen molar-refractivity contribution in [3.05, 3.63) is 0 Å². The largest absolute Gasteiger partial charge is 0.299 e. The Labute approximate surface area is 97.8 Å². The van der Waals surface area contributed by atoms with E-state index in [1.54, 1.807) is 13.8 Å². The van der Waals surface area contributed by atoms with Crippen molar-refractivity contribution in [3.8, 4) is 0 Å². The molecule has 2 heteroatoms. The average Bonchev–Trinajstić information content (AvgIpc) is 2.35. The summed E-state index contributed by atoms with van der Waals surface area (Å²) in [5.74, 6) is 0.373. The van der Waals surface area contributed by atoms with Crippen molar-refractivity contribution in [1.82, 2.24) is 0 Å². The summed E-state index contributed by atoms with van der Waals surface area (Å²) in [7, 11) is 0. The molecule has 2 aliphatic carbocycles. The fourth-order valence-electron chi connectivity index (χ4n) is 3.49. The topological polar surface area (TPSA) is 34.1 Å². The molecule has 0 heterocycles. The van der Waals surface area contributed by atoms with Crippen LogP contribution in [0, 0.1) is 22.2 Å². The van der Waals surface area contributed by atoms with Gasteiger partial charge >= 0.3 is 0 Å². The van der Waals surface area contributed by atoms with Crippen molar-refractivity contribution in [3.63, 3.8) is 0 Å². The van der Waals surface area contributed by atoms with Crippen molar-refractivity contribution < 1.29 is 9.59 Å². The van der Waals surface area contributed by atoms with E-state index in [-0.39, 0.29) is 28.3 Å². The van der Waals surface area contributed by atoms with Crippen LogP contribution in [0.1, 0.15) is 53.9 Å². The summed E-state index contributed by atoms with van der Waals surface area (Å²) < 4.78 is 0. The summed E-state index contributed by atoms with van der Waals surface area (Å²) in [6.45, 7) is 10.1. The van der Waals surface area contributed by atoms with Crippen LogP contribution < -0.4 is 0 Å². The van der Waals surface area contributed by atoms with Gasteiger partial charge in [-0.2, -0.15) is 0 Å². The van der Waals surface area contributed by atoms with Gasteiger partial charge in [-0.05, 0) is 37.5 Å². The highest BCUT2D eigenvalue weighted by Crippen LogP contribution is 2.61. The Morgan fingerprint density at radius 1 is 1.06 bits per heavy atom. The fourth-order valence-corrected chi connectivity index (χ4v) is 3.49. The number of carbonyl (C=O) groups is 2. The standard InChI is InChI=1S/C14H22O2/c1-12(2)10(15)8-14(5)7-6-9(11(12)16)13(14,3)4/h9H,6-8H2,1-5H3/t9-,14+/m0/s1. The molecule has 0 N–H and O–H groups in total. The predicted octanol–water partition coefficient (Wildman–Crippen LogP) is 3.00. The third kappa shape index (κ3) is 1.19. The van der Waals surface area contributed by atoms with Crippen LogP contribution in [0.25, 0.3) is 0 Å². The number of Topliss-reactive ketones (excluding diaryl/α,β-unsaturated/α-hetero) is 2. The minimum absolute atomic E-state index is 0.0121. The second-order valence-electron chi connectivity index (χ2n) is 6.96. The Balaban J connectivity index is 2.55. The zero-order valence-corrected chi connectivity index (χ0v) is 11.0. The lowest BCUT2D eigenvalue weighted by Crippen LogP contribution is -2.38. The monoisotopic (exact) mass is 222 g/mol. The van der Waals surface area contributed by atoms with Gasteiger partial charge in [-0.3, -0.25) is 9.59 Å². The number of hydrogen-bond donors (Lipinski definition) is 0. The minimum atomic E-state index is -0.764. The molecule has 2 rings (SSSR count). The smallest absolute Gasteiger partial charge is 0.149 e. The lowest BCUT2D eigenvalue weighted by Gasteiger charge is -2.39. The molecule has 0 aromatic rings. The van der Waals surface area contributed by atoms with Crippen LogP contribution >= 0.6 is 0 Å². The highest BCUT2D eigenvalue weighted by Gasteiger charge is 2.61. The second kappa shape index (κ2) is 2.96. The molecule has 0 radical (unpaired) electrons. The summed E-state index contributed by atoms with van der Waals surface area (Å²) in [4.78, 5) is 24.7. The fraction of sp³-hybridized carbons (Fsp3) is 0.857. The normalized spacial score (nSPS) is 40.9. The molecular formula is C14H22O2. The predicted molar refractivity (Wildman–Crippen MR) is 63.0 cm³/mol. The Hall–Kier alpha value is -0.660. The van der Waals surface area contributed by atoms with Crippen LogP contribution in [0.4, 0.5) is 0 Å². The Morgan fingerprint density at radius 3 is 2.19 bits per heavy atom. The Bertz CT molecular complexity index is 362. The van der Waals surface area contributed by atoms with Crippen molar-refractivity contribution in [2.24, 2.45) is 22.2 Å². The first-order chi connectivity index (χ1) is 7.13. The van der Waals surface area contributed by atoms with E-state index < -0.39 is 5.41 Å². The van der Waals surface area contributed by atoms with Gasteiger partial charge in [-0.1, -0.05) is 20.8 Å². The average molecular weight is 222 g/mol. The molecule has 2 atom stereocenters. The van der Waals surface area contributed by atoms with Gasteiger partial charge < -0.3 is 0 Å². The van der Waals surface area contributed by atoms with Crippen LogP contribution in [0.2, 0.25) is 0 Å². The van der Waals surface area contributed by atoms with E-state index in [4.69, 9.17) is 0 Å². The molecule has 16 heavy (non-hydrogen) atoms. The number of rotatable bonds is 0. The first-order valence-electron chi connectivity index (χ1n) is 6.20. The quantitative estimate of drug-likeness (QED) is 0.590. The number of ketones is 2.